The molecule has 1 saturated heterocycles. The van der Waals surface area contributed by atoms with Gasteiger partial charge in [0, 0.05) is 0 Å². The van der Waals surface area contributed by atoms with Crippen molar-refractivity contribution < 1.29 is 14.9 Å². The summed E-state index contributed by atoms with van der Waals surface area (Å²) >= 11 is 0. The number of aromatic nitrogens is 4. The van der Waals surface area contributed by atoms with Gasteiger partial charge in [-0.15, -0.1) is 0 Å². The molecule has 1 fully saturated rings. The maximum atomic E-state index is 10.3. The van der Waals surface area contributed by atoms with Gasteiger partial charge in [0.1, 0.15) is 17.9 Å². The van der Waals surface area contributed by atoms with E-state index in [9.17, 15) is 10.2 Å². The number of rotatable bonds is 4. The molecule has 114 valence electrons. The summed E-state index contributed by atoms with van der Waals surface area (Å²) in [5.41, 5.74) is 6.82. The van der Waals surface area contributed by atoms with Crippen LogP contribution in [0.1, 0.15) is 6.23 Å². The summed E-state index contributed by atoms with van der Waals surface area (Å²) in [6.45, 7) is -0.243. The van der Waals surface area contributed by atoms with Crippen LogP contribution in [0.25, 0.3) is 11.2 Å². The molecular weight excluding hydrogens is 314 g/mol. The van der Waals surface area contributed by atoms with E-state index in [0.29, 0.717) is 17.0 Å². The summed E-state index contributed by atoms with van der Waals surface area (Å²) in [5.74, 6) is 0.296. The van der Waals surface area contributed by atoms with Crippen LogP contribution in [-0.2, 0) is 4.74 Å². The molecule has 0 aliphatic carbocycles. The number of nitrogens with two attached hydrogens (primary N) is 1. The Morgan fingerprint density at radius 1 is 1.43 bits per heavy atom. The van der Waals surface area contributed by atoms with E-state index in [4.69, 9.17) is 10.5 Å². The fourth-order valence-electron chi connectivity index (χ4n) is 2.36. The highest BCUT2D eigenvalue weighted by Gasteiger charge is 2.45. The van der Waals surface area contributed by atoms with Crippen LogP contribution in [0.4, 0.5) is 5.82 Å². The smallest absolute Gasteiger partial charge is 0.167 e. The lowest BCUT2D eigenvalue weighted by molar-refractivity contribution is -0.0430. The van der Waals surface area contributed by atoms with Crippen molar-refractivity contribution in [3.05, 3.63) is 12.7 Å². The van der Waals surface area contributed by atoms with E-state index in [2.05, 4.69) is 15.0 Å². The first-order chi connectivity index (χ1) is 10.2. The molecule has 8 nitrogen and oxygen atoms in total. The average Bonchev–Trinajstić information content (AvgIpc) is 3.03. The Morgan fingerprint density at radius 2 is 2.24 bits per heavy atom. The minimum absolute atomic E-state index is 0.243. The molecule has 2 aromatic rings. The zero-order chi connectivity index (χ0) is 15.0. The van der Waals surface area contributed by atoms with Crippen LogP contribution < -0.4 is 5.73 Å². The third-order valence-electron chi connectivity index (χ3n) is 3.36. The summed E-state index contributed by atoms with van der Waals surface area (Å²) in [6, 6.07) is 0. The molecule has 3 heterocycles. The van der Waals surface area contributed by atoms with Gasteiger partial charge in [0.05, 0.1) is 24.3 Å². The van der Waals surface area contributed by atoms with Gasteiger partial charge in [-0.2, -0.15) is 0 Å². The van der Waals surface area contributed by atoms with Gasteiger partial charge >= 0.3 is 0 Å². The molecule has 2 aromatic heterocycles. The number of hydrogen-bond acceptors (Lipinski definition) is 9. The molecule has 10 heteroatoms. The second-order valence-electron chi connectivity index (χ2n) is 4.55. The Balaban J connectivity index is 2.02. The first kappa shape index (κ1) is 14.9. The van der Waals surface area contributed by atoms with Crippen molar-refractivity contribution in [2.45, 2.75) is 23.7 Å². The number of nitrogens with zero attached hydrogens (tertiary/aromatic N) is 4. The van der Waals surface area contributed by atoms with Crippen molar-refractivity contribution in [1.82, 2.24) is 19.5 Å². The predicted molar refractivity (Wildman–Crippen MR) is 81.6 cm³/mol. The first-order valence-electron chi connectivity index (χ1n) is 6.24. The third-order valence-corrected chi connectivity index (χ3v) is 5.53. The van der Waals surface area contributed by atoms with Crippen molar-refractivity contribution in [3.8, 4) is 0 Å². The molecule has 0 spiro atoms. The van der Waals surface area contributed by atoms with Crippen molar-refractivity contribution in [2.24, 2.45) is 0 Å². The summed E-state index contributed by atoms with van der Waals surface area (Å²) in [5, 5.41) is 19.3. The van der Waals surface area contributed by atoms with E-state index >= 15 is 0 Å². The molecule has 0 amide bonds. The molecule has 0 radical (unpaired) electrons. The molecule has 21 heavy (non-hydrogen) atoms. The first-order valence-corrected chi connectivity index (χ1v) is 8.86. The van der Waals surface area contributed by atoms with Gasteiger partial charge < -0.3 is 20.7 Å². The highest BCUT2D eigenvalue weighted by molar-refractivity contribution is 8.76. The Labute approximate surface area is 128 Å². The standard InChI is InChI=1S/C11H15N5O3S2/c1-20-21-8-7(18)5(2-17)19-11(8)16-4-15-6-9(12)13-3-14-10(6)16/h3-5,7-8,11,17-18H,2H2,1H3,(H2,12,13,14)/t5-,7-,8+,11-/m1/s1. The Bertz CT molecular complexity index is 639. The molecule has 4 atom stereocenters. The van der Waals surface area contributed by atoms with E-state index in [1.54, 1.807) is 10.9 Å². The van der Waals surface area contributed by atoms with E-state index in [1.165, 1.54) is 27.9 Å². The fraction of sp³-hybridized carbons (Fsp3) is 0.545. The quantitative estimate of drug-likeness (QED) is 0.668. The molecule has 0 unspecified atom stereocenters. The van der Waals surface area contributed by atoms with Gasteiger partial charge in [-0.25, -0.2) is 15.0 Å². The van der Waals surface area contributed by atoms with Crippen LogP contribution in [0.5, 0.6) is 0 Å². The second-order valence-corrected chi connectivity index (χ2v) is 7.20. The minimum Gasteiger partial charge on any atom is -0.394 e. The van der Waals surface area contributed by atoms with Crippen molar-refractivity contribution in [2.75, 3.05) is 18.6 Å². The summed E-state index contributed by atoms with van der Waals surface area (Å²) in [7, 11) is 3.02. The molecule has 0 aromatic carbocycles. The molecule has 0 saturated carbocycles. The number of nitrogen functional groups attached to an aromatic ring is 1. The SMILES string of the molecule is CSS[C@H]1[C@H](O)[C@@H](CO)O[C@H]1n1cnc2c(N)ncnc21. The lowest BCUT2D eigenvalue weighted by Crippen LogP contribution is -2.30. The normalized spacial score (nSPS) is 29.3. The number of fused-ring (bicyclic) bond motifs is 1. The maximum absolute atomic E-state index is 10.3. The van der Waals surface area contributed by atoms with Gasteiger partial charge in [0.15, 0.2) is 17.7 Å². The molecule has 4 N–H and O–H groups in total. The van der Waals surface area contributed by atoms with Crippen LogP contribution in [0.3, 0.4) is 0 Å². The number of hydrogen-bond donors (Lipinski definition) is 3. The summed E-state index contributed by atoms with van der Waals surface area (Å²) < 4.78 is 7.49. The molecule has 3 rings (SSSR count). The highest BCUT2D eigenvalue weighted by Crippen LogP contribution is 2.42. The summed E-state index contributed by atoms with van der Waals surface area (Å²) in [4.78, 5) is 12.3. The molecule has 1 aliphatic rings. The number of ether oxygens (including phenoxy) is 1. The van der Waals surface area contributed by atoms with Crippen LogP contribution in [0.15, 0.2) is 12.7 Å². The van der Waals surface area contributed by atoms with Gasteiger partial charge in [-0.1, -0.05) is 21.6 Å². The number of aliphatic hydroxyl groups excluding tert-OH is 2. The minimum atomic E-state index is -0.769. The average molecular weight is 329 g/mol. The molecule has 0 bridgehead atoms. The van der Waals surface area contributed by atoms with Gasteiger partial charge in [0.25, 0.3) is 0 Å². The number of aliphatic hydroxyl groups is 2. The van der Waals surface area contributed by atoms with Crippen LogP contribution in [-0.4, -0.2) is 60.1 Å². The predicted octanol–water partition coefficient (Wildman–Crippen LogP) is 0.0389. The monoisotopic (exact) mass is 329 g/mol. The Kier molecular flexibility index (Phi) is 4.22. The van der Waals surface area contributed by atoms with E-state index in [0.717, 1.165) is 0 Å². The largest absolute Gasteiger partial charge is 0.394 e. The lowest BCUT2D eigenvalue weighted by atomic mass is 10.2. The number of imidazole rings is 1. The topological polar surface area (TPSA) is 119 Å². The maximum Gasteiger partial charge on any atom is 0.167 e. The van der Waals surface area contributed by atoms with Crippen LogP contribution in [0.2, 0.25) is 0 Å². The van der Waals surface area contributed by atoms with Crippen LogP contribution >= 0.6 is 21.6 Å². The van der Waals surface area contributed by atoms with Crippen molar-refractivity contribution in [1.29, 1.82) is 0 Å². The van der Waals surface area contributed by atoms with E-state index in [1.807, 2.05) is 6.26 Å². The third kappa shape index (κ3) is 2.46. The Hall–Kier alpha value is -1.07. The van der Waals surface area contributed by atoms with Gasteiger partial charge in [-0.3, -0.25) is 4.57 Å². The Morgan fingerprint density at radius 3 is 2.95 bits per heavy atom. The van der Waals surface area contributed by atoms with Gasteiger partial charge in [-0.05, 0) is 6.26 Å². The van der Waals surface area contributed by atoms with Gasteiger partial charge in [0.2, 0.25) is 0 Å². The van der Waals surface area contributed by atoms with Crippen LogP contribution in [0, 0.1) is 0 Å². The zero-order valence-corrected chi connectivity index (χ0v) is 12.8. The highest BCUT2D eigenvalue weighted by atomic mass is 33.1. The zero-order valence-electron chi connectivity index (χ0n) is 11.2. The number of anilines is 1. The molecular formula is C11H15N5O3S2. The second kappa shape index (κ2) is 5.97. The fourth-order valence-corrected chi connectivity index (χ4v) is 4.46. The van der Waals surface area contributed by atoms with Crippen molar-refractivity contribution >= 4 is 38.6 Å². The summed E-state index contributed by atoms with van der Waals surface area (Å²) in [6.07, 6.45) is 2.98. The van der Waals surface area contributed by atoms with E-state index in [-0.39, 0.29) is 11.9 Å². The lowest BCUT2D eigenvalue weighted by Gasteiger charge is -2.19. The molecule has 1 aliphatic heterocycles. The van der Waals surface area contributed by atoms with Crippen molar-refractivity contribution in [3.63, 3.8) is 0 Å². The van der Waals surface area contributed by atoms with E-state index < -0.39 is 18.4 Å².